The van der Waals surface area contributed by atoms with Gasteiger partial charge in [-0.05, 0) is 44.4 Å². The van der Waals surface area contributed by atoms with Crippen LogP contribution in [0.5, 0.6) is 0 Å². The summed E-state index contributed by atoms with van der Waals surface area (Å²) in [7, 11) is 0. The summed E-state index contributed by atoms with van der Waals surface area (Å²) in [6.45, 7) is 4.60. The molecular weight excluding hydrogens is 276 g/mol. The monoisotopic (exact) mass is 308 g/mol. The quantitative estimate of drug-likeness (QED) is 0.665. The summed E-state index contributed by atoms with van der Waals surface area (Å²) >= 11 is 0. The fraction of sp³-hybridized carbons (Fsp3) is 0.889. The van der Waals surface area contributed by atoms with Crippen molar-refractivity contribution in [1.82, 2.24) is 10.2 Å². The van der Waals surface area contributed by atoms with Crippen LogP contribution >= 0.6 is 0 Å². The molecule has 22 heavy (non-hydrogen) atoms. The van der Waals surface area contributed by atoms with Crippen LogP contribution in [0.15, 0.2) is 0 Å². The third-order valence-electron chi connectivity index (χ3n) is 4.86. The van der Waals surface area contributed by atoms with Crippen molar-refractivity contribution in [2.24, 2.45) is 11.8 Å². The Morgan fingerprint density at radius 1 is 1.09 bits per heavy atom. The van der Waals surface area contributed by atoms with Gasteiger partial charge in [0.2, 0.25) is 11.8 Å². The average Bonchev–Trinajstić information content (AvgIpc) is 3.36. The predicted octanol–water partition coefficient (Wildman–Crippen LogP) is 3.11. The zero-order valence-corrected chi connectivity index (χ0v) is 14.1. The molecule has 2 aliphatic rings. The van der Waals surface area contributed by atoms with Gasteiger partial charge in [-0.2, -0.15) is 0 Å². The van der Waals surface area contributed by atoms with Gasteiger partial charge in [0.05, 0.1) is 0 Å². The van der Waals surface area contributed by atoms with Crippen molar-refractivity contribution in [1.29, 1.82) is 0 Å². The first-order valence-electron chi connectivity index (χ1n) is 9.26. The van der Waals surface area contributed by atoms with Gasteiger partial charge in [-0.3, -0.25) is 9.59 Å². The van der Waals surface area contributed by atoms with Gasteiger partial charge in [0, 0.05) is 32.0 Å². The molecular formula is C18H32N2O2. The van der Waals surface area contributed by atoms with Crippen LogP contribution in [0.3, 0.4) is 0 Å². The third kappa shape index (κ3) is 5.98. The summed E-state index contributed by atoms with van der Waals surface area (Å²) in [6.07, 6.45) is 11.0. The Balaban J connectivity index is 1.65. The molecule has 0 bridgehead atoms. The molecule has 0 heterocycles. The smallest absolute Gasteiger partial charge is 0.223 e. The molecule has 2 saturated carbocycles. The lowest BCUT2D eigenvalue weighted by Crippen LogP contribution is -2.37. The number of hydrogen-bond donors (Lipinski definition) is 1. The first-order chi connectivity index (χ1) is 10.7. The predicted molar refractivity (Wildman–Crippen MR) is 88.4 cm³/mol. The molecule has 0 aliphatic heterocycles. The lowest BCUT2D eigenvalue weighted by atomic mass is 9.89. The molecule has 0 aromatic heterocycles. The topological polar surface area (TPSA) is 49.4 Å². The van der Waals surface area contributed by atoms with Crippen LogP contribution < -0.4 is 5.32 Å². The van der Waals surface area contributed by atoms with Gasteiger partial charge in [0.15, 0.2) is 0 Å². The Morgan fingerprint density at radius 3 is 2.45 bits per heavy atom. The van der Waals surface area contributed by atoms with Gasteiger partial charge in [-0.15, -0.1) is 0 Å². The van der Waals surface area contributed by atoms with Gasteiger partial charge < -0.3 is 10.2 Å². The highest BCUT2D eigenvalue weighted by Gasteiger charge is 2.29. The minimum atomic E-state index is 0.181. The Hall–Kier alpha value is -1.06. The second-order valence-electron chi connectivity index (χ2n) is 7.01. The van der Waals surface area contributed by atoms with Crippen LogP contribution in [0.2, 0.25) is 0 Å². The second-order valence-corrected chi connectivity index (χ2v) is 7.01. The van der Waals surface area contributed by atoms with Crippen molar-refractivity contribution in [3.8, 4) is 0 Å². The summed E-state index contributed by atoms with van der Waals surface area (Å²) in [6, 6.07) is 0. The molecule has 0 saturated heterocycles. The van der Waals surface area contributed by atoms with Gasteiger partial charge in [0.1, 0.15) is 0 Å². The first kappa shape index (κ1) is 17.3. The second kappa shape index (κ2) is 9.16. The number of amides is 2. The van der Waals surface area contributed by atoms with E-state index in [2.05, 4.69) is 17.1 Å². The molecule has 0 atom stereocenters. The standard InChI is InChI=1S/C18H32N2O2/c1-2-13-20(14-15-7-4-3-5-8-15)17(21)9-6-12-19-18(22)16-10-11-16/h15-16H,2-14H2,1H3,(H,19,22). The van der Waals surface area contributed by atoms with E-state index in [0.29, 0.717) is 18.9 Å². The van der Waals surface area contributed by atoms with Crippen LogP contribution in [0.1, 0.15) is 71.1 Å². The van der Waals surface area contributed by atoms with E-state index in [1.54, 1.807) is 0 Å². The highest BCUT2D eigenvalue weighted by molar-refractivity contribution is 5.81. The van der Waals surface area contributed by atoms with Crippen molar-refractivity contribution < 1.29 is 9.59 Å². The molecule has 4 nitrogen and oxygen atoms in total. The van der Waals surface area contributed by atoms with Crippen LogP contribution in [-0.4, -0.2) is 36.3 Å². The van der Waals surface area contributed by atoms with Gasteiger partial charge in [-0.1, -0.05) is 26.2 Å². The van der Waals surface area contributed by atoms with E-state index in [1.165, 1.54) is 32.1 Å². The van der Waals surface area contributed by atoms with Crippen molar-refractivity contribution in [2.45, 2.75) is 71.1 Å². The maximum Gasteiger partial charge on any atom is 0.223 e. The summed E-state index contributed by atoms with van der Waals surface area (Å²) in [5.74, 6) is 1.42. The van der Waals surface area contributed by atoms with Gasteiger partial charge in [-0.25, -0.2) is 0 Å². The minimum Gasteiger partial charge on any atom is -0.356 e. The fourth-order valence-corrected chi connectivity index (χ4v) is 3.37. The third-order valence-corrected chi connectivity index (χ3v) is 4.86. The van der Waals surface area contributed by atoms with E-state index in [4.69, 9.17) is 0 Å². The SMILES string of the molecule is CCCN(CC1CCCCC1)C(=O)CCCNC(=O)C1CC1. The van der Waals surface area contributed by atoms with Crippen LogP contribution in [0, 0.1) is 11.8 Å². The summed E-state index contributed by atoms with van der Waals surface area (Å²) in [4.78, 5) is 26.0. The van der Waals surface area contributed by atoms with E-state index >= 15 is 0 Å². The van der Waals surface area contributed by atoms with Crippen LogP contribution in [0.25, 0.3) is 0 Å². The largest absolute Gasteiger partial charge is 0.356 e. The Labute approximate surface area is 135 Å². The van der Waals surface area contributed by atoms with E-state index < -0.39 is 0 Å². The zero-order chi connectivity index (χ0) is 15.8. The summed E-state index contributed by atoms with van der Waals surface area (Å²) in [5, 5.41) is 2.94. The van der Waals surface area contributed by atoms with Gasteiger partial charge >= 0.3 is 0 Å². The van der Waals surface area contributed by atoms with Crippen LogP contribution in [-0.2, 0) is 9.59 Å². The molecule has 0 radical (unpaired) electrons. The maximum atomic E-state index is 12.4. The fourth-order valence-electron chi connectivity index (χ4n) is 3.37. The average molecular weight is 308 g/mol. The molecule has 2 rings (SSSR count). The van der Waals surface area contributed by atoms with Crippen molar-refractivity contribution in [2.75, 3.05) is 19.6 Å². The highest BCUT2D eigenvalue weighted by atomic mass is 16.2. The van der Waals surface area contributed by atoms with Crippen LogP contribution in [0.4, 0.5) is 0 Å². The molecule has 0 aromatic rings. The molecule has 2 amide bonds. The highest BCUT2D eigenvalue weighted by Crippen LogP contribution is 2.28. The number of rotatable bonds is 9. The van der Waals surface area contributed by atoms with Crippen molar-refractivity contribution in [3.05, 3.63) is 0 Å². The molecule has 0 unspecified atom stereocenters. The number of hydrogen-bond acceptors (Lipinski definition) is 2. The Kier molecular flexibility index (Phi) is 7.20. The number of nitrogens with zero attached hydrogens (tertiary/aromatic N) is 1. The molecule has 0 spiro atoms. The zero-order valence-electron chi connectivity index (χ0n) is 14.1. The molecule has 2 aliphatic carbocycles. The molecule has 4 heteroatoms. The number of nitrogens with one attached hydrogen (secondary N) is 1. The normalized spacial score (nSPS) is 19.0. The molecule has 0 aromatic carbocycles. The minimum absolute atomic E-state index is 0.181. The van der Waals surface area contributed by atoms with E-state index in [1.807, 2.05) is 0 Å². The van der Waals surface area contributed by atoms with E-state index in [0.717, 1.165) is 38.8 Å². The van der Waals surface area contributed by atoms with E-state index in [9.17, 15) is 9.59 Å². The summed E-state index contributed by atoms with van der Waals surface area (Å²) in [5.41, 5.74) is 0. The maximum absolute atomic E-state index is 12.4. The van der Waals surface area contributed by atoms with Crippen molar-refractivity contribution >= 4 is 11.8 Å². The summed E-state index contributed by atoms with van der Waals surface area (Å²) < 4.78 is 0. The number of carbonyl (C=O) groups is 2. The Morgan fingerprint density at radius 2 is 1.82 bits per heavy atom. The lowest BCUT2D eigenvalue weighted by molar-refractivity contribution is -0.132. The lowest BCUT2D eigenvalue weighted by Gasteiger charge is -2.29. The number of carbonyl (C=O) groups excluding carboxylic acids is 2. The Bertz CT molecular complexity index is 360. The molecule has 1 N–H and O–H groups in total. The van der Waals surface area contributed by atoms with Gasteiger partial charge in [0.25, 0.3) is 0 Å². The van der Waals surface area contributed by atoms with Crippen molar-refractivity contribution in [3.63, 3.8) is 0 Å². The molecule has 126 valence electrons. The van der Waals surface area contributed by atoms with E-state index in [-0.39, 0.29) is 17.7 Å². The molecule has 2 fully saturated rings. The first-order valence-corrected chi connectivity index (χ1v) is 9.26.